The van der Waals surface area contributed by atoms with Crippen LogP contribution < -0.4 is 15.8 Å². The molecule has 1 saturated heterocycles. The first-order valence-corrected chi connectivity index (χ1v) is 12.5. The van der Waals surface area contributed by atoms with Gasteiger partial charge in [-0.3, -0.25) is 30.0 Å². The Hall–Kier alpha value is -4.24. The summed E-state index contributed by atoms with van der Waals surface area (Å²) in [5, 5.41) is 5.12. The van der Waals surface area contributed by atoms with E-state index < -0.39 is 5.91 Å². The summed E-state index contributed by atoms with van der Waals surface area (Å²) in [5.74, 6) is -0.624. The summed E-state index contributed by atoms with van der Waals surface area (Å²) >= 11 is 0. The van der Waals surface area contributed by atoms with Crippen LogP contribution in [-0.4, -0.2) is 64.2 Å². The van der Waals surface area contributed by atoms with Crippen molar-refractivity contribution >= 4 is 28.5 Å². The van der Waals surface area contributed by atoms with Crippen molar-refractivity contribution in [2.75, 3.05) is 37.6 Å². The highest BCUT2D eigenvalue weighted by Gasteiger charge is 2.21. The number of fused-ring (bicyclic) bond motifs is 1. The minimum atomic E-state index is -0.398. The van der Waals surface area contributed by atoms with E-state index in [0.717, 1.165) is 31.7 Å². The molecule has 0 atom stereocenters. The zero-order chi connectivity index (χ0) is 25.8. The van der Waals surface area contributed by atoms with Gasteiger partial charge in [-0.1, -0.05) is 48.5 Å². The van der Waals surface area contributed by atoms with Gasteiger partial charge in [0.2, 0.25) is 5.91 Å². The zero-order valence-corrected chi connectivity index (χ0v) is 21.1. The predicted molar refractivity (Wildman–Crippen MR) is 144 cm³/mol. The van der Waals surface area contributed by atoms with Crippen molar-refractivity contribution in [1.29, 1.82) is 0 Å². The quantitative estimate of drug-likeness (QED) is 0.398. The molecule has 37 heavy (non-hydrogen) atoms. The standard InChI is InChI=1S/C28H31N7O2/c1-20-26-23(19-24(21-9-5-3-6-10-21)29-27(26)33(2)32-20)28(37)31-30-25(36)13-14-34-15-17-35(18-16-34)22-11-7-4-8-12-22/h3-12,19H,13-18H2,1-2H3,(H,30,36)(H,31,37). The molecule has 4 aromatic rings. The molecule has 1 fully saturated rings. The number of aryl methyl sites for hydroxylation is 2. The van der Waals surface area contributed by atoms with E-state index in [9.17, 15) is 9.59 Å². The Morgan fingerprint density at radius 3 is 2.30 bits per heavy atom. The number of carbonyl (C=O) groups excluding carboxylic acids is 2. The fourth-order valence-electron chi connectivity index (χ4n) is 4.77. The first-order chi connectivity index (χ1) is 18.0. The van der Waals surface area contributed by atoms with Crippen molar-refractivity contribution in [2.24, 2.45) is 7.05 Å². The van der Waals surface area contributed by atoms with E-state index in [1.54, 1.807) is 17.8 Å². The number of amides is 2. The van der Waals surface area contributed by atoms with E-state index in [1.165, 1.54) is 5.69 Å². The summed E-state index contributed by atoms with van der Waals surface area (Å²) < 4.78 is 1.67. The van der Waals surface area contributed by atoms with E-state index in [2.05, 4.69) is 50.0 Å². The average molecular weight is 498 g/mol. The molecule has 9 heteroatoms. The van der Waals surface area contributed by atoms with Crippen LogP contribution in [0.15, 0.2) is 66.7 Å². The van der Waals surface area contributed by atoms with Gasteiger partial charge in [-0.2, -0.15) is 5.10 Å². The number of aromatic nitrogens is 3. The van der Waals surface area contributed by atoms with Crippen LogP contribution in [0.4, 0.5) is 5.69 Å². The number of rotatable bonds is 6. The molecular weight excluding hydrogens is 466 g/mol. The molecule has 2 aromatic carbocycles. The lowest BCUT2D eigenvalue weighted by atomic mass is 10.1. The maximum atomic E-state index is 13.2. The highest BCUT2D eigenvalue weighted by atomic mass is 16.2. The van der Waals surface area contributed by atoms with Gasteiger partial charge >= 0.3 is 0 Å². The van der Waals surface area contributed by atoms with Crippen molar-refractivity contribution in [1.82, 2.24) is 30.5 Å². The van der Waals surface area contributed by atoms with E-state index in [0.29, 0.717) is 41.0 Å². The Kier molecular flexibility index (Phi) is 7.14. The lowest BCUT2D eigenvalue weighted by Crippen LogP contribution is -2.48. The Morgan fingerprint density at radius 1 is 0.919 bits per heavy atom. The van der Waals surface area contributed by atoms with E-state index in [-0.39, 0.29) is 5.91 Å². The van der Waals surface area contributed by atoms with Crippen LogP contribution in [0.3, 0.4) is 0 Å². The summed E-state index contributed by atoms with van der Waals surface area (Å²) in [4.78, 5) is 35.1. The van der Waals surface area contributed by atoms with Gasteiger partial charge in [0, 0.05) is 57.4 Å². The molecule has 5 rings (SSSR count). The van der Waals surface area contributed by atoms with Crippen LogP contribution in [0.1, 0.15) is 22.5 Å². The van der Waals surface area contributed by atoms with Crippen LogP contribution in [0.5, 0.6) is 0 Å². The van der Waals surface area contributed by atoms with Crippen molar-refractivity contribution in [2.45, 2.75) is 13.3 Å². The fourth-order valence-corrected chi connectivity index (χ4v) is 4.77. The molecule has 2 N–H and O–H groups in total. The molecule has 0 aliphatic carbocycles. The van der Waals surface area contributed by atoms with Crippen LogP contribution in [0.2, 0.25) is 0 Å². The topological polar surface area (TPSA) is 95.4 Å². The van der Waals surface area contributed by atoms with Gasteiger partial charge in [0.05, 0.1) is 22.3 Å². The number of piperazine rings is 1. The summed E-state index contributed by atoms with van der Waals surface area (Å²) in [7, 11) is 1.81. The molecule has 1 aliphatic heterocycles. The summed E-state index contributed by atoms with van der Waals surface area (Å²) in [6.45, 7) is 6.13. The molecule has 9 nitrogen and oxygen atoms in total. The highest BCUT2D eigenvalue weighted by molar-refractivity contribution is 6.07. The molecule has 1 aliphatic rings. The van der Waals surface area contributed by atoms with Crippen LogP contribution in [0.25, 0.3) is 22.3 Å². The van der Waals surface area contributed by atoms with Crippen molar-refractivity contribution in [3.05, 3.63) is 78.0 Å². The number of pyridine rings is 1. The minimum Gasteiger partial charge on any atom is -0.369 e. The first kappa shape index (κ1) is 24.5. The Bertz CT molecular complexity index is 1390. The highest BCUT2D eigenvalue weighted by Crippen LogP contribution is 2.26. The second kappa shape index (κ2) is 10.8. The number of benzene rings is 2. The molecule has 2 aromatic heterocycles. The van der Waals surface area contributed by atoms with Gasteiger partial charge in [-0.15, -0.1) is 0 Å². The molecule has 0 saturated carbocycles. The predicted octanol–water partition coefficient (Wildman–Crippen LogP) is 2.92. The Labute approximate surface area is 216 Å². The smallest absolute Gasteiger partial charge is 0.270 e. The number of carbonyl (C=O) groups is 2. The van der Waals surface area contributed by atoms with Gasteiger partial charge in [-0.25, -0.2) is 4.98 Å². The Morgan fingerprint density at radius 2 is 1.59 bits per heavy atom. The number of nitrogens with one attached hydrogen (secondary N) is 2. The molecular formula is C28H31N7O2. The largest absolute Gasteiger partial charge is 0.369 e. The second-order valence-electron chi connectivity index (χ2n) is 9.25. The molecule has 3 heterocycles. The summed E-state index contributed by atoms with van der Waals surface area (Å²) in [6.07, 6.45) is 0.304. The second-order valence-corrected chi connectivity index (χ2v) is 9.25. The molecule has 0 bridgehead atoms. The maximum Gasteiger partial charge on any atom is 0.270 e. The fraction of sp³-hybridized carbons (Fsp3) is 0.286. The molecule has 0 unspecified atom stereocenters. The number of nitrogens with zero attached hydrogens (tertiary/aromatic N) is 5. The lowest BCUT2D eigenvalue weighted by Gasteiger charge is -2.36. The SMILES string of the molecule is Cc1nn(C)c2nc(-c3ccccc3)cc(C(=O)NNC(=O)CCN3CCN(c4ccccc4)CC3)c12. The monoisotopic (exact) mass is 497 g/mol. The van der Waals surface area contributed by atoms with E-state index >= 15 is 0 Å². The normalized spacial score (nSPS) is 14.1. The number of hydrogen-bond acceptors (Lipinski definition) is 6. The number of para-hydroxylation sites is 1. The molecule has 0 spiro atoms. The third-order valence-corrected chi connectivity index (χ3v) is 6.75. The van der Waals surface area contributed by atoms with Crippen LogP contribution >= 0.6 is 0 Å². The zero-order valence-electron chi connectivity index (χ0n) is 21.1. The first-order valence-electron chi connectivity index (χ1n) is 12.5. The van der Waals surface area contributed by atoms with Crippen molar-refractivity contribution in [3.63, 3.8) is 0 Å². The van der Waals surface area contributed by atoms with Gasteiger partial charge in [-0.05, 0) is 25.1 Å². The van der Waals surface area contributed by atoms with Gasteiger partial charge in [0.25, 0.3) is 5.91 Å². The number of hydrogen-bond donors (Lipinski definition) is 2. The third-order valence-electron chi connectivity index (χ3n) is 6.75. The summed E-state index contributed by atoms with van der Waals surface area (Å²) in [6, 6.07) is 21.8. The molecule has 190 valence electrons. The van der Waals surface area contributed by atoms with E-state index in [4.69, 9.17) is 4.98 Å². The van der Waals surface area contributed by atoms with Crippen molar-refractivity contribution in [3.8, 4) is 11.3 Å². The number of anilines is 1. The molecule has 0 radical (unpaired) electrons. The number of hydrazine groups is 1. The van der Waals surface area contributed by atoms with Crippen molar-refractivity contribution < 1.29 is 9.59 Å². The van der Waals surface area contributed by atoms with Crippen LogP contribution in [-0.2, 0) is 11.8 Å². The Balaban J connectivity index is 1.19. The van der Waals surface area contributed by atoms with Gasteiger partial charge < -0.3 is 4.90 Å². The van der Waals surface area contributed by atoms with Crippen LogP contribution in [0, 0.1) is 6.92 Å². The lowest BCUT2D eigenvalue weighted by molar-refractivity contribution is -0.122. The van der Waals surface area contributed by atoms with E-state index in [1.807, 2.05) is 43.3 Å². The average Bonchev–Trinajstić information content (AvgIpc) is 3.24. The van der Waals surface area contributed by atoms with Gasteiger partial charge in [0.1, 0.15) is 0 Å². The van der Waals surface area contributed by atoms with Gasteiger partial charge in [0.15, 0.2) is 5.65 Å². The minimum absolute atomic E-state index is 0.227. The molecule has 2 amide bonds. The maximum absolute atomic E-state index is 13.2. The third kappa shape index (κ3) is 5.46. The summed E-state index contributed by atoms with van der Waals surface area (Å²) in [5.41, 5.74) is 9.71.